The van der Waals surface area contributed by atoms with E-state index in [1.807, 2.05) is 6.92 Å². The number of carboxylic acids is 1. The lowest BCUT2D eigenvalue weighted by molar-refractivity contribution is -0.133. The molecule has 1 N–H and O–H groups in total. The smallest absolute Gasteiger partial charge is 0.331 e. The molecule has 0 aromatic heterocycles. The number of rotatable bonds is 5. The predicted octanol–water partition coefficient (Wildman–Crippen LogP) is 1.67. The van der Waals surface area contributed by atoms with Crippen LogP contribution in [0.15, 0.2) is 11.1 Å². The number of hydrogen-bond acceptors (Lipinski definition) is 2. The molecule has 0 bridgehead atoms. The van der Waals surface area contributed by atoms with Gasteiger partial charge in [-0.2, -0.15) is 0 Å². The van der Waals surface area contributed by atoms with Crippen molar-refractivity contribution < 1.29 is 14.7 Å². The number of carbonyl (C=O) groups is 2. The lowest BCUT2D eigenvalue weighted by Crippen LogP contribution is -2.34. The van der Waals surface area contributed by atoms with Gasteiger partial charge >= 0.3 is 5.97 Å². The number of aliphatic carboxylic acids is 1. The number of hydrogen-bond donors (Lipinski definition) is 1. The summed E-state index contributed by atoms with van der Waals surface area (Å²) in [5.74, 6) is -0.538. The molecule has 1 aliphatic rings. The van der Waals surface area contributed by atoms with E-state index < -0.39 is 5.97 Å². The number of carbonyl (C=O) groups excluding carboxylic acids is 1. The second kappa shape index (κ2) is 5.14. The molecule has 0 radical (unpaired) electrons. The van der Waals surface area contributed by atoms with Crippen LogP contribution in [0, 0.1) is 5.92 Å². The van der Waals surface area contributed by atoms with Crippen LogP contribution in [0.5, 0.6) is 0 Å². The summed E-state index contributed by atoms with van der Waals surface area (Å²) in [6.45, 7) is 6.38. The summed E-state index contributed by atoms with van der Waals surface area (Å²) in [7, 11) is 0. The highest BCUT2D eigenvalue weighted by molar-refractivity contribution is 6.01. The SMILES string of the molecule is CCN(CC1CC1)C(=O)C(C)=C(C)C(=O)O. The second-order valence-electron chi connectivity index (χ2n) is 4.34. The van der Waals surface area contributed by atoms with Gasteiger partial charge in [-0.25, -0.2) is 4.79 Å². The minimum absolute atomic E-state index is 0.138. The molecule has 0 aliphatic heterocycles. The Bertz CT molecular complexity index is 329. The Hall–Kier alpha value is -1.32. The zero-order chi connectivity index (χ0) is 12.3. The third kappa shape index (κ3) is 3.08. The fourth-order valence-corrected chi connectivity index (χ4v) is 1.53. The van der Waals surface area contributed by atoms with Crippen LogP contribution in [0.4, 0.5) is 0 Å². The van der Waals surface area contributed by atoms with Crippen molar-refractivity contribution in [2.45, 2.75) is 33.6 Å². The van der Waals surface area contributed by atoms with E-state index in [0.29, 0.717) is 18.0 Å². The van der Waals surface area contributed by atoms with Crippen LogP contribution in [0.1, 0.15) is 33.6 Å². The molecule has 4 heteroatoms. The first-order valence-electron chi connectivity index (χ1n) is 5.67. The van der Waals surface area contributed by atoms with Crippen molar-refractivity contribution in [1.82, 2.24) is 4.90 Å². The van der Waals surface area contributed by atoms with Gasteiger partial charge in [-0.3, -0.25) is 4.79 Å². The summed E-state index contributed by atoms with van der Waals surface area (Å²) < 4.78 is 0. The van der Waals surface area contributed by atoms with E-state index in [9.17, 15) is 9.59 Å². The monoisotopic (exact) mass is 225 g/mol. The lowest BCUT2D eigenvalue weighted by atomic mass is 10.1. The molecule has 0 spiro atoms. The third-order valence-corrected chi connectivity index (χ3v) is 3.05. The van der Waals surface area contributed by atoms with Crippen molar-refractivity contribution >= 4 is 11.9 Å². The summed E-state index contributed by atoms with van der Waals surface area (Å²) in [5, 5.41) is 8.82. The second-order valence-corrected chi connectivity index (χ2v) is 4.34. The van der Waals surface area contributed by atoms with E-state index in [0.717, 1.165) is 6.54 Å². The Balaban J connectivity index is 2.73. The van der Waals surface area contributed by atoms with E-state index >= 15 is 0 Å². The van der Waals surface area contributed by atoms with Crippen LogP contribution >= 0.6 is 0 Å². The maximum Gasteiger partial charge on any atom is 0.331 e. The van der Waals surface area contributed by atoms with Gasteiger partial charge in [-0.05, 0) is 39.5 Å². The maximum absolute atomic E-state index is 12.0. The summed E-state index contributed by atoms with van der Waals surface area (Å²) in [6, 6.07) is 0. The summed E-state index contributed by atoms with van der Waals surface area (Å²) in [5.41, 5.74) is 0.481. The highest BCUT2D eigenvalue weighted by Crippen LogP contribution is 2.30. The van der Waals surface area contributed by atoms with Gasteiger partial charge in [0.15, 0.2) is 0 Å². The fourth-order valence-electron chi connectivity index (χ4n) is 1.53. The lowest BCUT2D eigenvalue weighted by Gasteiger charge is -2.21. The van der Waals surface area contributed by atoms with Gasteiger partial charge in [0.25, 0.3) is 0 Å². The van der Waals surface area contributed by atoms with Crippen molar-refractivity contribution in [3.63, 3.8) is 0 Å². The highest BCUT2D eigenvalue weighted by Gasteiger charge is 2.27. The van der Waals surface area contributed by atoms with Crippen molar-refractivity contribution in [1.29, 1.82) is 0 Å². The Morgan fingerprint density at radius 1 is 1.25 bits per heavy atom. The van der Waals surface area contributed by atoms with E-state index in [4.69, 9.17) is 5.11 Å². The molecule has 0 aromatic carbocycles. The van der Waals surface area contributed by atoms with E-state index in [1.165, 1.54) is 19.8 Å². The number of carboxylic acid groups (broad SMARTS) is 1. The van der Waals surface area contributed by atoms with Gasteiger partial charge in [-0.15, -0.1) is 0 Å². The quantitative estimate of drug-likeness (QED) is 0.724. The van der Waals surface area contributed by atoms with Gasteiger partial charge in [0.1, 0.15) is 0 Å². The number of likely N-dealkylation sites (N-methyl/N-ethyl adjacent to an activating group) is 1. The highest BCUT2D eigenvalue weighted by atomic mass is 16.4. The van der Waals surface area contributed by atoms with Crippen molar-refractivity contribution in [2.75, 3.05) is 13.1 Å². The average molecular weight is 225 g/mol. The molecule has 0 unspecified atom stereocenters. The van der Waals surface area contributed by atoms with Gasteiger partial charge in [0.2, 0.25) is 5.91 Å². The zero-order valence-electron chi connectivity index (χ0n) is 10.1. The van der Waals surface area contributed by atoms with Crippen LogP contribution in [0.25, 0.3) is 0 Å². The zero-order valence-corrected chi connectivity index (χ0v) is 10.1. The van der Waals surface area contributed by atoms with Crippen LogP contribution in [0.2, 0.25) is 0 Å². The van der Waals surface area contributed by atoms with Gasteiger partial charge < -0.3 is 10.0 Å². The molecule has 1 rings (SSSR count). The first kappa shape index (κ1) is 12.7. The number of nitrogens with zero attached hydrogens (tertiary/aromatic N) is 1. The minimum Gasteiger partial charge on any atom is -0.478 e. The van der Waals surface area contributed by atoms with Crippen LogP contribution in [-0.2, 0) is 9.59 Å². The van der Waals surface area contributed by atoms with Crippen LogP contribution in [-0.4, -0.2) is 35.0 Å². The molecule has 0 atom stereocenters. The normalized spacial score (nSPS) is 16.7. The molecule has 4 nitrogen and oxygen atoms in total. The number of amides is 1. The molecule has 0 saturated heterocycles. The summed E-state index contributed by atoms with van der Waals surface area (Å²) in [6.07, 6.45) is 2.37. The minimum atomic E-state index is -1.02. The maximum atomic E-state index is 12.0. The first-order chi connectivity index (χ1) is 7.47. The molecule has 1 fully saturated rings. The standard InChI is InChI=1S/C12H19NO3/c1-4-13(7-10-5-6-10)11(14)8(2)9(3)12(15)16/h10H,4-7H2,1-3H3,(H,15,16). The average Bonchev–Trinajstić information content (AvgIpc) is 3.06. The largest absolute Gasteiger partial charge is 0.478 e. The van der Waals surface area contributed by atoms with Crippen LogP contribution in [0.3, 0.4) is 0 Å². The Morgan fingerprint density at radius 3 is 2.19 bits per heavy atom. The van der Waals surface area contributed by atoms with Crippen LogP contribution < -0.4 is 0 Å². The molecule has 16 heavy (non-hydrogen) atoms. The Kier molecular flexibility index (Phi) is 4.10. The molecular weight excluding hydrogens is 206 g/mol. The molecule has 0 aromatic rings. The molecular formula is C12H19NO3. The van der Waals surface area contributed by atoms with Gasteiger partial charge in [0.05, 0.1) is 0 Å². The van der Waals surface area contributed by atoms with Crippen molar-refractivity contribution in [2.24, 2.45) is 5.92 Å². The van der Waals surface area contributed by atoms with E-state index in [-0.39, 0.29) is 11.5 Å². The molecule has 0 heterocycles. The fraction of sp³-hybridized carbons (Fsp3) is 0.667. The third-order valence-electron chi connectivity index (χ3n) is 3.05. The summed E-state index contributed by atoms with van der Waals surface area (Å²) in [4.78, 5) is 24.5. The molecule has 1 aliphatic carbocycles. The van der Waals surface area contributed by atoms with Crippen molar-refractivity contribution in [3.8, 4) is 0 Å². The Labute approximate surface area is 95.9 Å². The topological polar surface area (TPSA) is 57.6 Å². The molecule has 1 amide bonds. The molecule has 1 saturated carbocycles. The molecule has 90 valence electrons. The van der Waals surface area contributed by atoms with E-state index in [2.05, 4.69) is 0 Å². The van der Waals surface area contributed by atoms with E-state index in [1.54, 1.807) is 11.8 Å². The van der Waals surface area contributed by atoms with Crippen molar-refractivity contribution in [3.05, 3.63) is 11.1 Å². The Morgan fingerprint density at radius 2 is 1.81 bits per heavy atom. The summed E-state index contributed by atoms with van der Waals surface area (Å²) >= 11 is 0. The van der Waals surface area contributed by atoms with Gasteiger partial charge in [-0.1, -0.05) is 0 Å². The van der Waals surface area contributed by atoms with Gasteiger partial charge in [0, 0.05) is 24.2 Å². The predicted molar refractivity (Wildman–Crippen MR) is 61.0 cm³/mol. The first-order valence-corrected chi connectivity index (χ1v) is 5.67.